The summed E-state index contributed by atoms with van der Waals surface area (Å²) < 4.78 is 34.2. The first-order valence-corrected chi connectivity index (χ1v) is 10.3. The van der Waals surface area contributed by atoms with Crippen LogP contribution in [0.1, 0.15) is 32.3 Å². The molecule has 162 valence electrons. The van der Waals surface area contributed by atoms with Crippen LogP contribution in [-0.4, -0.2) is 36.3 Å². The highest BCUT2D eigenvalue weighted by molar-refractivity contribution is 7.89. The Morgan fingerprint density at radius 3 is 2.35 bits per heavy atom. The molecule has 2 N–H and O–H groups in total. The number of aryl methyl sites for hydroxylation is 1. The third kappa shape index (κ3) is 4.54. The van der Waals surface area contributed by atoms with E-state index in [0.29, 0.717) is 22.6 Å². The molecule has 11 nitrogen and oxygen atoms in total. The number of rotatable bonds is 7. The number of aromatic nitrogens is 1. The Balaban J connectivity index is 1.77. The zero-order chi connectivity index (χ0) is 22.9. The predicted molar refractivity (Wildman–Crippen MR) is 107 cm³/mol. The van der Waals surface area contributed by atoms with Crippen LogP contribution in [0.25, 0.3) is 5.69 Å². The second kappa shape index (κ2) is 8.16. The maximum atomic E-state index is 12.6. The number of carbonyl (C=O) groups excluding carboxylic acids is 2. The quantitative estimate of drug-likeness (QED) is 0.249. The lowest BCUT2D eigenvalue weighted by Gasteiger charge is -2.10. The molecule has 3 aromatic rings. The Morgan fingerprint density at radius 2 is 1.81 bits per heavy atom. The van der Waals surface area contributed by atoms with Gasteiger partial charge in [-0.15, -0.1) is 0 Å². The zero-order valence-electron chi connectivity index (χ0n) is 16.4. The number of primary sulfonamides is 1. The van der Waals surface area contributed by atoms with E-state index in [-0.39, 0.29) is 10.7 Å². The Bertz CT molecular complexity index is 1290. The molecule has 0 spiro atoms. The predicted octanol–water partition coefficient (Wildman–Crippen LogP) is 2.28. The monoisotopic (exact) mass is 447 g/mol. The van der Waals surface area contributed by atoms with Crippen LogP contribution >= 0.6 is 0 Å². The first-order valence-electron chi connectivity index (χ1n) is 8.75. The third-order valence-corrected chi connectivity index (χ3v) is 5.39. The molecule has 0 saturated carbocycles. The minimum atomic E-state index is -3.83. The smallest absolute Gasteiger partial charge is 0.433 e. The van der Waals surface area contributed by atoms with Crippen LogP contribution in [0.2, 0.25) is 0 Å². The lowest BCUT2D eigenvalue weighted by Crippen LogP contribution is -2.14. The molecule has 12 heteroatoms. The summed E-state index contributed by atoms with van der Waals surface area (Å²) in [7, 11) is -3.83. The second-order valence-corrected chi connectivity index (χ2v) is 8.11. The van der Waals surface area contributed by atoms with Crippen molar-refractivity contribution < 1.29 is 32.1 Å². The second-order valence-electron chi connectivity index (χ2n) is 6.55. The summed E-state index contributed by atoms with van der Waals surface area (Å²) in [6.45, 7) is 2.85. The number of esters is 1. The van der Waals surface area contributed by atoms with Crippen molar-refractivity contribution in [3.63, 3.8) is 0 Å². The van der Waals surface area contributed by atoms with E-state index >= 15 is 0 Å². The van der Waals surface area contributed by atoms with Gasteiger partial charge < -0.3 is 13.7 Å². The van der Waals surface area contributed by atoms with E-state index in [1.807, 2.05) is 0 Å². The number of carbonyl (C=O) groups is 2. The Labute approximate surface area is 176 Å². The van der Waals surface area contributed by atoms with Crippen molar-refractivity contribution in [2.24, 2.45) is 5.14 Å². The molecule has 0 unspecified atom stereocenters. The highest BCUT2D eigenvalue weighted by Gasteiger charge is 2.22. The number of benzene rings is 1. The summed E-state index contributed by atoms with van der Waals surface area (Å²) in [6, 6.07) is 9.52. The number of hydrogen-bond donors (Lipinski definition) is 1. The van der Waals surface area contributed by atoms with Crippen molar-refractivity contribution >= 4 is 27.7 Å². The highest BCUT2D eigenvalue weighted by atomic mass is 32.2. The average molecular weight is 447 g/mol. The number of ether oxygens (including phenoxy) is 1. The van der Waals surface area contributed by atoms with Gasteiger partial charge in [-0.1, -0.05) is 0 Å². The van der Waals surface area contributed by atoms with Crippen molar-refractivity contribution in [1.29, 1.82) is 0 Å². The van der Waals surface area contributed by atoms with Crippen molar-refractivity contribution in [3.05, 3.63) is 75.3 Å². The van der Waals surface area contributed by atoms with Gasteiger partial charge in [0.05, 0.1) is 11.0 Å². The molecule has 0 bridgehead atoms. The number of nitrogens with zero attached hydrogens (tertiary/aromatic N) is 2. The molecule has 0 amide bonds. The molecular weight excluding hydrogens is 430 g/mol. The molecule has 0 atom stereocenters. The molecule has 2 aromatic heterocycles. The van der Waals surface area contributed by atoms with Crippen LogP contribution in [0.15, 0.2) is 51.8 Å². The van der Waals surface area contributed by atoms with Crippen LogP contribution in [0.4, 0.5) is 5.88 Å². The molecule has 0 aliphatic carbocycles. The van der Waals surface area contributed by atoms with E-state index in [1.54, 1.807) is 36.6 Å². The standard InChI is InChI=1S/C19H17N3O8S/c1-11-9-15(12(2)21(11)13-3-5-14(6-4-13)31(20,27)28)16(23)10-29-19(24)17-7-8-18(30-17)22(25)26/h3-9H,10H2,1-2H3,(H2,20,27,28). The van der Waals surface area contributed by atoms with Gasteiger partial charge >= 0.3 is 11.9 Å². The SMILES string of the molecule is Cc1cc(C(=O)COC(=O)c2ccc([N+](=O)[O-])o2)c(C)n1-c1ccc(S(N)(=O)=O)cc1. The fourth-order valence-corrected chi connectivity index (χ4v) is 3.56. The molecule has 1 aromatic carbocycles. The van der Waals surface area contributed by atoms with Gasteiger partial charge in [0.25, 0.3) is 0 Å². The molecule has 3 rings (SSSR count). The molecular formula is C19H17N3O8S. The van der Waals surface area contributed by atoms with E-state index in [2.05, 4.69) is 0 Å². The summed E-state index contributed by atoms with van der Waals surface area (Å²) in [6.07, 6.45) is 0. The van der Waals surface area contributed by atoms with Gasteiger partial charge in [-0.3, -0.25) is 14.9 Å². The Morgan fingerprint density at radius 1 is 1.16 bits per heavy atom. The van der Waals surface area contributed by atoms with Crippen LogP contribution in [-0.2, 0) is 14.8 Å². The third-order valence-electron chi connectivity index (χ3n) is 4.46. The normalized spacial score (nSPS) is 11.3. The number of nitro groups is 1. The van der Waals surface area contributed by atoms with Gasteiger partial charge in [-0.2, -0.15) is 0 Å². The number of Topliss-reactive ketones (excluding diaryl/α,β-unsaturated/α-hetero) is 1. The van der Waals surface area contributed by atoms with Crippen LogP contribution in [0.3, 0.4) is 0 Å². The number of hydrogen-bond acceptors (Lipinski definition) is 8. The number of furan rings is 1. The Hall–Kier alpha value is -3.77. The molecule has 2 heterocycles. The van der Waals surface area contributed by atoms with Gasteiger partial charge in [0, 0.05) is 22.6 Å². The van der Waals surface area contributed by atoms with Crippen molar-refractivity contribution in [3.8, 4) is 5.69 Å². The van der Waals surface area contributed by atoms with E-state index < -0.39 is 39.2 Å². The van der Waals surface area contributed by atoms with Crippen molar-refractivity contribution in [2.45, 2.75) is 18.7 Å². The van der Waals surface area contributed by atoms with E-state index in [1.165, 1.54) is 12.1 Å². The first kappa shape index (κ1) is 21.9. The molecule has 0 radical (unpaired) electrons. The number of nitrogens with two attached hydrogens (primary N) is 1. The topological polar surface area (TPSA) is 165 Å². The molecule has 0 aliphatic rings. The fourth-order valence-electron chi connectivity index (χ4n) is 3.04. The maximum absolute atomic E-state index is 12.6. The summed E-state index contributed by atoms with van der Waals surface area (Å²) >= 11 is 0. The van der Waals surface area contributed by atoms with Gasteiger partial charge in [-0.05, 0) is 50.2 Å². The van der Waals surface area contributed by atoms with E-state index in [0.717, 1.165) is 12.1 Å². The summed E-state index contributed by atoms with van der Waals surface area (Å²) in [4.78, 5) is 34.3. The van der Waals surface area contributed by atoms with Crippen LogP contribution in [0, 0.1) is 24.0 Å². The lowest BCUT2D eigenvalue weighted by molar-refractivity contribution is -0.402. The zero-order valence-corrected chi connectivity index (χ0v) is 17.2. The lowest BCUT2D eigenvalue weighted by atomic mass is 10.1. The minimum Gasteiger partial charge on any atom is -0.451 e. The summed E-state index contributed by atoms with van der Waals surface area (Å²) in [5.74, 6) is -2.50. The molecule has 31 heavy (non-hydrogen) atoms. The number of ketones is 1. The first-order chi connectivity index (χ1) is 14.5. The summed E-state index contributed by atoms with van der Waals surface area (Å²) in [5, 5.41) is 15.7. The van der Waals surface area contributed by atoms with Crippen molar-refractivity contribution in [2.75, 3.05) is 6.61 Å². The van der Waals surface area contributed by atoms with E-state index in [4.69, 9.17) is 14.3 Å². The Kier molecular flexibility index (Phi) is 5.77. The highest BCUT2D eigenvalue weighted by Crippen LogP contribution is 2.23. The number of sulfonamides is 1. The molecule has 0 fully saturated rings. The fraction of sp³-hybridized carbons (Fsp3) is 0.158. The average Bonchev–Trinajstić information content (AvgIpc) is 3.30. The van der Waals surface area contributed by atoms with Gasteiger partial charge in [0.15, 0.2) is 6.61 Å². The van der Waals surface area contributed by atoms with Crippen LogP contribution in [0.5, 0.6) is 0 Å². The molecule has 0 aliphatic heterocycles. The summed E-state index contributed by atoms with van der Waals surface area (Å²) in [5.41, 5.74) is 2.15. The maximum Gasteiger partial charge on any atom is 0.433 e. The largest absolute Gasteiger partial charge is 0.451 e. The van der Waals surface area contributed by atoms with Crippen molar-refractivity contribution in [1.82, 2.24) is 4.57 Å². The van der Waals surface area contributed by atoms with Gasteiger partial charge in [0.1, 0.15) is 4.92 Å². The van der Waals surface area contributed by atoms with Gasteiger partial charge in [-0.25, -0.2) is 18.4 Å². The minimum absolute atomic E-state index is 0.0416. The van der Waals surface area contributed by atoms with Crippen LogP contribution < -0.4 is 5.14 Å². The van der Waals surface area contributed by atoms with Gasteiger partial charge in [0.2, 0.25) is 21.6 Å². The molecule has 0 saturated heterocycles. The van der Waals surface area contributed by atoms with E-state index in [9.17, 15) is 28.1 Å².